The lowest BCUT2D eigenvalue weighted by Crippen LogP contribution is -2.09. The molecule has 1 aliphatic heterocycles. The Morgan fingerprint density at radius 3 is 2.37 bits per heavy atom. The molecular formula is C27H16N2O. The van der Waals surface area contributed by atoms with Crippen LogP contribution in [-0.4, -0.2) is 4.98 Å². The van der Waals surface area contributed by atoms with E-state index in [1.807, 2.05) is 30.4 Å². The second-order valence-electron chi connectivity index (χ2n) is 7.74. The Morgan fingerprint density at radius 1 is 0.733 bits per heavy atom. The number of nitrogens with one attached hydrogen (secondary N) is 2. The van der Waals surface area contributed by atoms with E-state index in [9.17, 15) is 0 Å². The Morgan fingerprint density at radius 2 is 1.50 bits per heavy atom. The van der Waals surface area contributed by atoms with Gasteiger partial charge in [-0.1, -0.05) is 66.1 Å². The molecule has 0 amide bonds. The third kappa shape index (κ3) is 2.00. The number of hydrogen-bond donors (Lipinski definition) is 2. The Kier molecular flexibility index (Phi) is 2.98. The first kappa shape index (κ1) is 15.7. The maximum Gasteiger partial charge on any atom is 0.196 e. The Labute approximate surface area is 172 Å². The minimum absolute atomic E-state index is 0.191. The number of aromatic nitrogens is 1. The molecule has 7 rings (SSSR count). The van der Waals surface area contributed by atoms with Crippen LogP contribution in [-0.2, 0) is 0 Å². The molecule has 1 aromatic heterocycles. The van der Waals surface area contributed by atoms with Crippen LogP contribution in [0.25, 0.3) is 44.7 Å². The molecule has 140 valence electrons. The van der Waals surface area contributed by atoms with E-state index >= 15 is 0 Å². The molecule has 0 radical (unpaired) electrons. The summed E-state index contributed by atoms with van der Waals surface area (Å²) in [6, 6.07) is 23.0. The van der Waals surface area contributed by atoms with Gasteiger partial charge in [0.1, 0.15) is 0 Å². The average Bonchev–Trinajstić information content (AvgIpc) is 3.42. The summed E-state index contributed by atoms with van der Waals surface area (Å²) in [5.74, 6) is 0.900. The molecule has 0 saturated carbocycles. The predicted octanol–water partition coefficient (Wildman–Crippen LogP) is 6.77. The van der Waals surface area contributed by atoms with Crippen molar-refractivity contribution in [3.63, 3.8) is 0 Å². The van der Waals surface area contributed by atoms with Crippen LogP contribution in [0.4, 0.5) is 5.69 Å². The highest BCUT2D eigenvalue weighted by Crippen LogP contribution is 2.48. The molecule has 30 heavy (non-hydrogen) atoms. The molecule has 0 saturated heterocycles. The van der Waals surface area contributed by atoms with Crippen molar-refractivity contribution in [3.05, 3.63) is 94.9 Å². The van der Waals surface area contributed by atoms with Gasteiger partial charge in [0.25, 0.3) is 0 Å². The van der Waals surface area contributed by atoms with Gasteiger partial charge in [0, 0.05) is 21.9 Å². The molecule has 0 spiro atoms. The number of rotatable bonds is 1. The average molecular weight is 384 g/mol. The minimum atomic E-state index is -0.191. The summed E-state index contributed by atoms with van der Waals surface area (Å²) < 4.78 is 6.48. The summed E-state index contributed by atoms with van der Waals surface area (Å²) in [5, 5.41) is 8.25. The molecule has 3 nitrogen and oxygen atoms in total. The standard InChI is InChI=1S/C27H16N2O/c1-2-8-16(9-3-1)27-29-22-15-14-21-24(26(22)30-27)23-19-12-6-4-10-17(19)18-11-5-7-13-20(18)25(23)28-21/h1-3,5,7-15,27-29H. The van der Waals surface area contributed by atoms with Gasteiger partial charge in [0.2, 0.25) is 0 Å². The number of hydrogen-bond acceptors (Lipinski definition) is 2. The molecule has 3 heteroatoms. The van der Waals surface area contributed by atoms with Gasteiger partial charge >= 0.3 is 0 Å². The molecular weight excluding hydrogens is 368 g/mol. The van der Waals surface area contributed by atoms with E-state index in [1.54, 1.807) is 0 Å². The van der Waals surface area contributed by atoms with Crippen LogP contribution in [0.2, 0.25) is 0 Å². The van der Waals surface area contributed by atoms with E-state index < -0.39 is 0 Å². The first-order valence-electron chi connectivity index (χ1n) is 10.1. The topological polar surface area (TPSA) is 37.0 Å². The van der Waals surface area contributed by atoms with Gasteiger partial charge in [0.05, 0.1) is 22.1 Å². The van der Waals surface area contributed by atoms with Gasteiger partial charge in [-0.15, -0.1) is 0 Å². The lowest BCUT2D eigenvalue weighted by molar-refractivity contribution is 0.263. The van der Waals surface area contributed by atoms with E-state index in [-0.39, 0.29) is 6.23 Å². The Balaban J connectivity index is 1.58. The molecule has 0 fully saturated rings. The second kappa shape index (κ2) is 5.68. The van der Waals surface area contributed by atoms with Gasteiger partial charge in [-0.25, -0.2) is 0 Å². The predicted molar refractivity (Wildman–Crippen MR) is 123 cm³/mol. The third-order valence-electron chi connectivity index (χ3n) is 6.10. The summed E-state index contributed by atoms with van der Waals surface area (Å²) in [4.78, 5) is 3.67. The minimum Gasteiger partial charge on any atom is -0.464 e. The molecule has 2 aliphatic rings. The fourth-order valence-electron chi connectivity index (χ4n) is 4.78. The highest BCUT2D eigenvalue weighted by molar-refractivity contribution is 6.25. The highest BCUT2D eigenvalue weighted by atomic mass is 16.5. The number of anilines is 1. The maximum absolute atomic E-state index is 6.48. The molecule has 2 heterocycles. The van der Waals surface area contributed by atoms with E-state index in [1.165, 1.54) is 21.7 Å². The molecule has 1 atom stereocenters. The SMILES string of the molecule is C1=C=Cc2c(c3ccccc3c3[nH]c4ccc5c(c4c23)OC(c2ccccc2)N5)C=1. The highest BCUT2D eigenvalue weighted by Gasteiger charge is 2.28. The van der Waals surface area contributed by atoms with Crippen LogP contribution >= 0.6 is 0 Å². The summed E-state index contributed by atoms with van der Waals surface area (Å²) in [6.07, 6.45) is 3.88. The van der Waals surface area contributed by atoms with Crippen molar-refractivity contribution < 1.29 is 4.74 Å². The Hall–Kier alpha value is -4.16. The van der Waals surface area contributed by atoms with E-state index in [2.05, 4.69) is 70.3 Å². The monoisotopic (exact) mass is 384 g/mol. The molecule has 1 unspecified atom stereocenters. The van der Waals surface area contributed by atoms with Gasteiger partial charge < -0.3 is 15.0 Å². The fraction of sp³-hybridized carbons (Fsp3) is 0.0370. The van der Waals surface area contributed by atoms with Crippen LogP contribution in [0, 0.1) is 0 Å². The zero-order valence-electron chi connectivity index (χ0n) is 16.0. The summed E-state index contributed by atoms with van der Waals surface area (Å²) >= 11 is 0. The number of H-pyrrole nitrogens is 1. The summed E-state index contributed by atoms with van der Waals surface area (Å²) in [6.45, 7) is 0. The first-order valence-corrected chi connectivity index (χ1v) is 10.1. The van der Waals surface area contributed by atoms with Crippen molar-refractivity contribution in [2.24, 2.45) is 0 Å². The zero-order valence-corrected chi connectivity index (χ0v) is 16.0. The zero-order chi connectivity index (χ0) is 19.7. The van der Waals surface area contributed by atoms with Gasteiger partial charge in [-0.2, -0.15) is 0 Å². The summed E-state index contributed by atoms with van der Waals surface area (Å²) in [5.41, 5.74) is 13.0. The van der Waals surface area contributed by atoms with Crippen molar-refractivity contribution in [1.82, 2.24) is 4.98 Å². The van der Waals surface area contributed by atoms with Gasteiger partial charge in [-0.05, 0) is 35.2 Å². The smallest absolute Gasteiger partial charge is 0.196 e. The van der Waals surface area contributed by atoms with Crippen LogP contribution in [0.1, 0.15) is 22.9 Å². The lowest BCUT2D eigenvalue weighted by Gasteiger charge is -2.12. The van der Waals surface area contributed by atoms with E-state index in [0.29, 0.717) is 0 Å². The molecule has 1 aliphatic carbocycles. The van der Waals surface area contributed by atoms with Gasteiger partial charge in [-0.3, -0.25) is 0 Å². The van der Waals surface area contributed by atoms with Gasteiger partial charge in [0.15, 0.2) is 12.0 Å². The van der Waals surface area contributed by atoms with Crippen LogP contribution in [0.5, 0.6) is 5.75 Å². The van der Waals surface area contributed by atoms with Crippen LogP contribution in [0.15, 0.2) is 78.2 Å². The molecule has 5 aromatic rings. The lowest BCUT2D eigenvalue weighted by atomic mass is 9.92. The third-order valence-corrected chi connectivity index (χ3v) is 6.10. The van der Waals surface area contributed by atoms with Crippen LogP contribution in [0.3, 0.4) is 0 Å². The van der Waals surface area contributed by atoms with Crippen molar-refractivity contribution in [2.75, 3.05) is 5.32 Å². The van der Waals surface area contributed by atoms with E-state index in [0.717, 1.165) is 39.0 Å². The normalized spacial score (nSPS) is 16.1. The molecule has 2 N–H and O–H groups in total. The molecule has 4 aromatic carbocycles. The number of fused-ring (bicyclic) bond motifs is 10. The maximum atomic E-state index is 6.48. The number of ether oxygens (including phenoxy) is 1. The van der Waals surface area contributed by atoms with Crippen molar-refractivity contribution in [3.8, 4) is 5.75 Å². The quantitative estimate of drug-likeness (QED) is 0.307. The second-order valence-corrected chi connectivity index (χ2v) is 7.74. The number of benzene rings is 4. The molecule has 0 bridgehead atoms. The van der Waals surface area contributed by atoms with Crippen molar-refractivity contribution >= 4 is 50.4 Å². The van der Waals surface area contributed by atoms with E-state index in [4.69, 9.17) is 4.74 Å². The largest absolute Gasteiger partial charge is 0.464 e. The van der Waals surface area contributed by atoms with Crippen molar-refractivity contribution in [2.45, 2.75) is 6.23 Å². The van der Waals surface area contributed by atoms with Crippen LogP contribution < -0.4 is 10.1 Å². The number of aromatic amines is 1. The Bertz CT molecular complexity index is 1610. The fourth-order valence-corrected chi connectivity index (χ4v) is 4.78. The first-order chi connectivity index (χ1) is 14.9. The summed E-state index contributed by atoms with van der Waals surface area (Å²) in [7, 11) is 0. The van der Waals surface area contributed by atoms with Crippen molar-refractivity contribution in [1.29, 1.82) is 0 Å².